The van der Waals surface area contributed by atoms with Crippen molar-refractivity contribution in [1.82, 2.24) is 14.0 Å². The summed E-state index contributed by atoms with van der Waals surface area (Å²) in [6.45, 7) is 3.96. The molecule has 2 N–H and O–H groups in total. The topological polar surface area (TPSA) is 99.6 Å². The number of carbonyl (C=O) groups excluding carboxylic acids is 1. The lowest BCUT2D eigenvalue weighted by Gasteiger charge is -2.27. The molecule has 0 radical (unpaired) electrons. The van der Waals surface area contributed by atoms with Gasteiger partial charge in [0.2, 0.25) is 5.91 Å². The van der Waals surface area contributed by atoms with Crippen LogP contribution in [0.15, 0.2) is 15.8 Å². The second kappa shape index (κ2) is 6.57. The van der Waals surface area contributed by atoms with Gasteiger partial charge in [0.25, 0.3) is 5.56 Å². The molecule has 1 aromatic rings. The summed E-state index contributed by atoms with van der Waals surface area (Å²) in [5.74, 6) is -0.272. The maximum atomic E-state index is 12.2. The number of carbonyl (C=O) groups is 1. The van der Waals surface area contributed by atoms with Crippen molar-refractivity contribution in [3.8, 4) is 0 Å². The van der Waals surface area contributed by atoms with Gasteiger partial charge in [-0.3, -0.25) is 14.2 Å². The van der Waals surface area contributed by atoms with Crippen molar-refractivity contribution >= 4 is 11.6 Å². The SMILES string of the molecule is CCCn1cc(N)c(=O)n(CC(=O)N2CCOCC2)c1=O. The van der Waals surface area contributed by atoms with Gasteiger partial charge in [0.1, 0.15) is 12.2 Å². The summed E-state index contributed by atoms with van der Waals surface area (Å²) >= 11 is 0. The molecule has 0 aromatic carbocycles. The summed E-state index contributed by atoms with van der Waals surface area (Å²) in [6, 6.07) is 0. The van der Waals surface area contributed by atoms with E-state index >= 15 is 0 Å². The van der Waals surface area contributed by atoms with Gasteiger partial charge in [-0.15, -0.1) is 0 Å². The normalized spacial score (nSPS) is 15.2. The molecule has 0 bridgehead atoms. The van der Waals surface area contributed by atoms with E-state index in [2.05, 4.69) is 0 Å². The average molecular weight is 296 g/mol. The van der Waals surface area contributed by atoms with E-state index in [0.29, 0.717) is 32.8 Å². The number of nitrogens with two attached hydrogens (primary N) is 1. The predicted octanol–water partition coefficient (Wildman–Crippen LogP) is -1.14. The second-order valence-electron chi connectivity index (χ2n) is 4.94. The summed E-state index contributed by atoms with van der Waals surface area (Å²) in [6.07, 6.45) is 2.07. The maximum absolute atomic E-state index is 12.2. The summed E-state index contributed by atoms with van der Waals surface area (Å²) in [5, 5.41) is 0. The Kier molecular flexibility index (Phi) is 4.79. The third-order valence-corrected chi connectivity index (χ3v) is 3.39. The van der Waals surface area contributed by atoms with Crippen LogP contribution in [-0.2, 0) is 22.6 Å². The minimum absolute atomic E-state index is 0.0298. The van der Waals surface area contributed by atoms with Crippen LogP contribution in [0.1, 0.15) is 13.3 Å². The Hall–Kier alpha value is -2.09. The minimum atomic E-state index is -0.617. The molecule has 0 spiro atoms. The minimum Gasteiger partial charge on any atom is -0.393 e. The van der Waals surface area contributed by atoms with Gasteiger partial charge >= 0.3 is 5.69 Å². The zero-order valence-corrected chi connectivity index (χ0v) is 12.1. The van der Waals surface area contributed by atoms with Crippen molar-refractivity contribution < 1.29 is 9.53 Å². The second-order valence-corrected chi connectivity index (χ2v) is 4.94. The Morgan fingerprint density at radius 2 is 2.00 bits per heavy atom. The number of anilines is 1. The molecular weight excluding hydrogens is 276 g/mol. The van der Waals surface area contributed by atoms with Gasteiger partial charge in [-0.1, -0.05) is 6.92 Å². The Morgan fingerprint density at radius 3 is 2.62 bits per heavy atom. The van der Waals surface area contributed by atoms with Gasteiger partial charge in [-0.2, -0.15) is 0 Å². The number of hydrogen-bond donors (Lipinski definition) is 1. The summed E-state index contributed by atoms with van der Waals surface area (Å²) in [7, 11) is 0. The Labute approximate surface area is 121 Å². The van der Waals surface area contributed by atoms with Crippen molar-refractivity contribution in [1.29, 1.82) is 0 Å². The Bertz CT molecular complexity index is 628. The molecule has 1 fully saturated rings. The van der Waals surface area contributed by atoms with Crippen LogP contribution in [0.4, 0.5) is 5.69 Å². The zero-order valence-electron chi connectivity index (χ0n) is 12.1. The molecule has 1 aromatic heterocycles. The van der Waals surface area contributed by atoms with Crippen LogP contribution in [0.25, 0.3) is 0 Å². The molecule has 0 saturated carbocycles. The van der Waals surface area contributed by atoms with Gasteiger partial charge in [-0.25, -0.2) is 9.36 Å². The molecule has 21 heavy (non-hydrogen) atoms. The van der Waals surface area contributed by atoms with Crippen molar-refractivity contribution in [2.24, 2.45) is 0 Å². The fourth-order valence-corrected chi connectivity index (χ4v) is 2.26. The van der Waals surface area contributed by atoms with Crippen LogP contribution in [0.2, 0.25) is 0 Å². The van der Waals surface area contributed by atoms with E-state index in [4.69, 9.17) is 10.5 Å². The smallest absolute Gasteiger partial charge is 0.331 e. The van der Waals surface area contributed by atoms with Crippen LogP contribution in [0.3, 0.4) is 0 Å². The zero-order chi connectivity index (χ0) is 15.4. The van der Waals surface area contributed by atoms with Crippen LogP contribution in [0, 0.1) is 0 Å². The average Bonchev–Trinajstić information content (AvgIpc) is 2.50. The molecule has 1 aliphatic rings. The van der Waals surface area contributed by atoms with Gasteiger partial charge in [0.15, 0.2) is 0 Å². The number of nitrogen functional groups attached to an aromatic ring is 1. The highest BCUT2D eigenvalue weighted by Crippen LogP contribution is 1.99. The van der Waals surface area contributed by atoms with E-state index < -0.39 is 11.2 Å². The third-order valence-electron chi connectivity index (χ3n) is 3.39. The number of amides is 1. The highest BCUT2D eigenvalue weighted by Gasteiger charge is 2.19. The molecule has 2 rings (SSSR count). The van der Waals surface area contributed by atoms with Gasteiger partial charge in [0.05, 0.1) is 13.2 Å². The van der Waals surface area contributed by atoms with E-state index in [1.807, 2.05) is 6.92 Å². The van der Waals surface area contributed by atoms with Crippen molar-refractivity contribution in [2.75, 3.05) is 32.0 Å². The van der Waals surface area contributed by atoms with E-state index in [0.717, 1.165) is 11.0 Å². The van der Waals surface area contributed by atoms with E-state index in [9.17, 15) is 14.4 Å². The molecular formula is C13H20N4O4. The number of ether oxygens (including phenoxy) is 1. The van der Waals surface area contributed by atoms with Crippen molar-refractivity contribution in [3.63, 3.8) is 0 Å². The molecule has 8 nitrogen and oxygen atoms in total. The first-order valence-electron chi connectivity index (χ1n) is 7.00. The Morgan fingerprint density at radius 1 is 1.33 bits per heavy atom. The van der Waals surface area contributed by atoms with Crippen LogP contribution >= 0.6 is 0 Å². The third kappa shape index (κ3) is 3.33. The molecule has 8 heteroatoms. The molecule has 0 atom stereocenters. The molecule has 1 saturated heterocycles. The van der Waals surface area contributed by atoms with Crippen LogP contribution < -0.4 is 17.0 Å². The lowest BCUT2D eigenvalue weighted by Crippen LogP contribution is -2.47. The molecule has 0 aliphatic carbocycles. The van der Waals surface area contributed by atoms with Gasteiger partial charge in [0, 0.05) is 25.8 Å². The number of nitrogens with zero attached hydrogens (tertiary/aromatic N) is 3. The fraction of sp³-hybridized carbons (Fsp3) is 0.615. The van der Waals surface area contributed by atoms with Crippen molar-refractivity contribution in [2.45, 2.75) is 26.4 Å². The van der Waals surface area contributed by atoms with Crippen LogP contribution in [-0.4, -0.2) is 46.2 Å². The molecule has 116 valence electrons. The quantitative estimate of drug-likeness (QED) is 0.757. The lowest BCUT2D eigenvalue weighted by molar-refractivity contribution is -0.136. The first kappa shape index (κ1) is 15.3. The highest BCUT2D eigenvalue weighted by atomic mass is 16.5. The number of aryl methyl sites for hydroxylation is 1. The van der Waals surface area contributed by atoms with Gasteiger partial charge < -0.3 is 15.4 Å². The largest absolute Gasteiger partial charge is 0.393 e. The van der Waals surface area contributed by atoms with E-state index in [-0.39, 0.29) is 18.1 Å². The Balaban J connectivity index is 2.28. The van der Waals surface area contributed by atoms with Gasteiger partial charge in [-0.05, 0) is 6.42 Å². The molecule has 2 heterocycles. The number of hydrogen-bond acceptors (Lipinski definition) is 5. The van der Waals surface area contributed by atoms with Crippen LogP contribution in [0.5, 0.6) is 0 Å². The summed E-state index contributed by atoms with van der Waals surface area (Å²) in [4.78, 5) is 38.0. The predicted molar refractivity (Wildman–Crippen MR) is 77.1 cm³/mol. The van der Waals surface area contributed by atoms with E-state index in [1.54, 1.807) is 4.90 Å². The van der Waals surface area contributed by atoms with E-state index in [1.165, 1.54) is 10.8 Å². The summed E-state index contributed by atoms with van der Waals surface area (Å²) < 4.78 is 7.44. The number of aromatic nitrogens is 2. The standard InChI is InChI=1S/C13H20N4O4/c1-2-3-16-8-10(14)12(19)17(13(16)20)9-11(18)15-4-6-21-7-5-15/h8H,2-7,9,14H2,1H3. The molecule has 1 amide bonds. The first-order valence-corrected chi connectivity index (χ1v) is 7.00. The lowest BCUT2D eigenvalue weighted by atomic mass is 10.4. The monoisotopic (exact) mass is 296 g/mol. The number of morpholine rings is 1. The summed E-state index contributed by atoms with van der Waals surface area (Å²) in [5.41, 5.74) is 4.49. The van der Waals surface area contributed by atoms with Crippen molar-refractivity contribution in [3.05, 3.63) is 27.0 Å². The maximum Gasteiger partial charge on any atom is 0.331 e. The highest BCUT2D eigenvalue weighted by molar-refractivity contribution is 5.76. The molecule has 1 aliphatic heterocycles. The molecule has 0 unspecified atom stereocenters. The number of rotatable bonds is 4. The first-order chi connectivity index (χ1) is 10.0. The fourth-order valence-electron chi connectivity index (χ4n) is 2.26.